The number of methoxy groups -OCH3 is 1. The van der Waals surface area contributed by atoms with E-state index in [9.17, 15) is 19.2 Å². The number of carbonyl (C=O) groups is 4. The fourth-order valence-electron chi connectivity index (χ4n) is 4.87. The number of nitrogens with one attached hydrogen (secondary N) is 3. The Kier molecular flexibility index (Phi) is 16.3. The van der Waals surface area contributed by atoms with E-state index in [1.165, 1.54) is 12.7 Å². The minimum absolute atomic E-state index is 0.202. The van der Waals surface area contributed by atoms with E-state index in [0.717, 1.165) is 42.5 Å². The number of rotatable bonds is 18. The second-order valence-electron chi connectivity index (χ2n) is 12.9. The molecule has 2 aromatic rings. The van der Waals surface area contributed by atoms with Gasteiger partial charge in [0, 0.05) is 13.0 Å². The lowest BCUT2D eigenvalue weighted by atomic mass is 9.99. The molecule has 0 saturated carbocycles. The fraction of sp³-hybridized carbons (Fsp3) is 0.556. The molecule has 2 rings (SSSR count). The Morgan fingerprint density at radius 3 is 1.91 bits per heavy atom. The average molecular weight is 639 g/mol. The summed E-state index contributed by atoms with van der Waals surface area (Å²) in [5, 5.41) is 8.28. The third-order valence-corrected chi connectivity index (χ3v) is 7.46. The van der Waals surface area contributed by atoms with Gasteiger partial charge < -0.3 is 31.2 Å². The summed E-state index contributed by atoms with van der Waals surface area (Å²) in [7, 11) is 1.27. The van der Waals surface area contributed by atoms with Gasteiger partial charge in [-0.25, -0.2) is 9.59 Å². The highest BCUT2D eigenvalue weighted by molar-refractivity contribution is 5.91. The molecular formula is C36H54N4O6. The van der Waals surface area contributed by atoms with Crippen LogP contribution < -0.4 is 21.7 Å². The summed E-state index contributed by atoms with van der Waals surface area (Å²) in [6, 6.07) is 15.1. The zero-order chi connectivity index (χ0) is 34.1. The number of esters is 1. The Morgan fingerprint density at radius 1 is 0.804 bits per heavy atom. The fourth-order valence-corrected chi connectivity index (χ4v) is 4.87. The first kappa shape index (κ1) is 38.3. The number of ether oxygens (including phenoxy) is 2. The molecule has 10 heteroatoms. The molecule has 0 aromatic heterocycles. The summed E-state index contributed by atoms with van der Waals surface area (Å²) >= 11 is 0. The lowest BCUT2D eigenvalue weighted by Gasteiger charge is -2.24. The smallest absolute Gasteiger partial charge is 0.407 e. The summed E-state index contributed by atoms with van der Waals surface area (Å²) in [5.41, 5.74) is 9.58. The highest BCUT2D eigenvalue weighted by Crippen LogP contribution is 2.21. The zero-order valence-corrected chi connectivity index (χ0v) is 28.4. The number of nitrogens with two attached hydrogens (primary N) is 1. The van der Waals surface area contributed by atoms with Crippen molar-refractivity contribution >= 4 is 23.9 Å². The Bertz CT molecular complexity index is 1240. The maximum absolute atomic E-state index is 13.2. The molecular weight excluding hydrogens is 584 g/mol. The summed E-state index contributed by atoms with van der Waals surface area (Å²) < 4.78 is 10.1. The van der Waals surface area contributed by atoms with Crippen molar-refractivity contribution in [3.63, 3.8) is 0 Å². The van der Waals surface area contributed by atoms with Crippen LogP contribution in [0.1, 0.15) is 84.3 Å². The van der Waals surface area contributed by atoms with Crippen LogP contribution in [0.5, 0.6) is 0 Å². The average Bonchev–Trinajstić information content (AvgIpc) is 3.01. The molecule has 0 saturated heterocycles. The van der Waals surface area contributed by atoms with E-state index in [-0.39, 0.29) is 18.2 Å². The Hall–Kier alpha value is -3.92. The number of alkyl carbamates (subject to hydrolysis) is 1. The first-order chi connectivity index (χ1) is 21.8. The Balaban J connectivity index is 1.85. The van der Waals surface area contributed by atoms with Crippen molar-refractivity contribution < 1.29 is 28.7 Å². The van der Waals surface area contributed by atoms with E-state index in [1.54, 1.807) is 20.8 Å². The summed E-state index contributed by atoms with van der Waals surface area (Å²) in [5.74, 6) is -1.46. The van der Waals surface area contributed by atoms with E-state index in [0.29, 0.717) is 32.2 Å². The van der Waals surface area contributed by atoms with Gasteiger partial charge in [-0.2, -0.15) is 0 Å². The molecule has 0 aliphatic rings. The number of amides is 3. The Labute approximate surface area is 274 Å². The van der Waals surface area contributed by atoms with E-state index in [2.05, 4.69) is 52.3 Å². The molecule has 3 amide bonds. The van der Waals surface area contributed by atoms with E-state index < -0.39 is 35.7 Å². The second kappa shape index (κ2) is 19.6. The van der Waals surface area contributed by atoms with Crippen molar-refractivity contribution in [2.45, 2.75) is 104 Å². The summed E-state index contributed by atoms with van der Waals surface area (Å²) in [6.45, 7) is 10.1. The number of hydrogen-bond acceptors (Lipinski definition) is 7. The Morgan fingerprint density at radius 2 is 1.39 bits per heavy atom. The molecule has 2 aromatic carbocycles. The van der Waals surface area contributed by atoms with Crippen LogP contribution in [0.2, 0.25) is 0 Å². The van der Waals surface area contributed by atoms with Crippen molar-refractivity contribution in [2.75, 3.05) is 20.2 Å². The van der Waals surface area contributed by atoms with Gasteiger partial charge in [0.05, 0.1) is 7.11 Å². The van der Waals surface area contributed by atoms with Crippen LogP contribution in [0.15, 0.2) is 48.5 Å². The van der Waals surface area contributed by atoms with Crippen molar-refractivity contribution in [3.8, 4) is 11.1 Å². The predicted molar refractivity (Wildman–Crippen MR) is 181 cm³/mol. The normalized spacial score (nSPS) is 12.6. The second-order valence-corrected chi connectivity index (χ2v) is 12.9. The van der Waals surface area contributed by atoms with Crippen molar-refractivity contribution in [1.82, 2.24) is 16.0 Å². The molecule has 10 nitrogen and oxygen atoms in total. The highest BCUT2D eigenvalue weighted by Gasteiger charge is 2.29. The van der Waals surface area contributed by atoms with E-state index >= 15 is 0 Å². The SMILES string of the molecule is COC(=O)[C@H](CCCCNC(=O)OC(C)(C)C)NC(=O)[C@@H](NC(=O)CCc1ccc(-c2ccc(CCCCN)cc2)cc1)C(C)C. The van der Waals surface area contributed by atoms with Crippen LogP contribution in [0, 0.1) is 5.92 Å². The minimum atomic E-state index is -0.872. The molecule has 2 atom stereocenters. The molecule has 0 bridgehead atoms. The van der Waals surface area contributed by atoms with Crippen LogP contribution in [0.3, 0.4) is 0 Å². The van der Waals surface area contributed by atoms with Crippen LogP contribution in [0.25, 0.3) is 11.1 Å². The van der Waals surface area contributed by atoms with Gasteiger partial charge in [0.25, 0.3) is 0 Å². The van der Waals surface area contributed by atoms with Crippen molar-refractivity contribution in [2.24, 2.45) is 11.7 Å². The van der Waals surface area contributed by atoms with Crippen LogP contribution in [0.4, 0.5) is 4.79 Å². The number of unbranched alkanes of at least 4 members (excludes halogenated alkanes) is 2. The monoisotopic (exact) mass is 638 g/mol. The van der Waals surface area contributed by atoms with Crippen LogP contribution in [-0.4, -0.2) is 61.8 Å². The van der Waals surface area contributed by atoms with Gasteiger partial charge in [-0.1, -0.05) is 62.4 Å². The van der Waals surface area contributed by atoms with Gasteiger partial charge in [-0.3, -0.25) is 9.59 Å². The van der Waals surface area contributed by atoms with Gasteiger partial charge in [-0.05, 0) is 100 Å². The number of carbonyl (C=O) groups excluding carboxylic acids is 4. The number of aryl methyl sites for hydroxylation is 2. The molecule has 0 unspecified atom stereocenters. The molecule has 0 fully saturated rings. The molecule has 0 radical (unpaired) electrons. The molecule has 0 aliphatic heterocycles. The molecule has 46 heavy (non-hydrogen) atoms. The summed E-state index contributed by atoms with van der Waals surface area (Å²) in [6.07, 6.45) is 4.84. The predicted octanol–water partition coefficient (Wildman–Crippen LogP) is 5.06. The van der Waals surface area contributed by atoms with Gasteiger partial charge in [-0.15, -0.1) is 0 Å². The van der Waals surface area contributed by atoms with Gasteiger partial charge in [0.15, 0.2) is 0 Å². The molecule has 0 spiro atoms. The first-order valence-corrected chi connectivity index (χ1v) is 16.4. The van der Waals surface area contributed by atoms with Gasteiger partial charge >= 0.3 is 12.1 Å². The molecule has 0 heterocycles. The third kappa shape index (κ3) is 14.5. The highest BCUT2D eigenvalue weighted by atomic mass is 16.6. The third-order valence-electron chi connectivity index (χ3n) is 7.46. The number of hydrogen-bond donors (Lipinski definition) is 4. The van der Waals surface area contributed by atoms with E-state index in [1.807, 2.05) is 26.0 Å². The lowest BCUT2D eigenvalue weighted by Crippen LogP contribution is -2.53. The zero-order valence-electron chi connectivity index (χ0n) is 28.4. The van der Waals surface area contributed by atoms with Crippen molar-refractivity contribution in [1.29, 1.82) is 0 Å². The maximum Gasteiger partial charge on any atom is 0.407 e. The van der Waals surface area contributed by atoms with E-state index in [4.69, 9.17) is 15.2 Å². The van der Waals surface area contributed by atoms with Crippen molar-refractivity contribution in [3.05, 3.63) is 59.7 Å². The van der Waals surface area contributed by atoms with Crippen LogP contribution >= 0.6 is 0 Å². The van der Waals surface area contributed by atoms with Crippen LogP contribution in [-0.2, 0) is 36.7 Å². The summed E-state index contributed by atoms with van der Waals surface area (Å²) in [4.78, 5) is 50.3. The topological polar surface area (TPSA) is 149 Å². The molecule has 254 valence electrons. The maximum atomic E-state index is 13.2. The molecule has 0 aliphatic carbocycles. The molecule has 5 N–H and O–H groups in total. The largest absolute Gasteiger partial charge is 0.467 e. The first-order valence-electron chi connectivity index (χ1n) is 16.4. The standard InChI is InChI=1S/C36H54N4O6/c1-25(2)32(33(42)39-30(34(43)45-6)12-8-10-24-38-35(44)46-36(3,4)5)40-31(41)22-17-27-15-20-29(21-16-27)28-18-13-26(14-19-28)11-7-9-23-37/h13-16,18-21,25,30,32H,7-12,17,22-24,37H2,1-6H3,(H,38,44)(H,39,42)(H,40,41)/t30-,32-/m0/s1. The minimum Gasteiger partial charge on any atom is -0.467 e. The lowest BCUT2D eigenvalue weighted by molar-refractivity contribution is -0.145. The van der Waals surface area contributed by atoms with Gasteiger partial charge in [0.2, 0.25) is 11.8 Å². The van der Waals surface area contributed by atoms with Gasteiger partial charge in [0.1, 0.15) is 17.7 Å². The quantitative estimate of drug-likeness (QED) is 0.132. The number of benzene rings is 2.